The van der Waals surface area contributed by atoms with Crippen molar-refractivity contribution >= 4 is 51.7 Å². The van der Waals surface area contributed by atoms with Crippen molar-refractivity contribution in [2.75, 3.05) is 12.4 Å². The number of aromatic nitrogens is 2. The molecule has 0 unspecified atom stereocenters. The number of hydrogen-bond donors (Lipinski definition) is 1. The maximum atomic E-state index is 13.4. The highest BCUT2D eigenvalue weighted by molar-refractivity contribution is 8.26. The topological polar surface area (TPSA) is 75.9 Å². The van der Waals surface area contributed by atoms with E-state index in [9.17, 15) is 9.59 Å². The third-order valence-electron chi connectivity index (χ3n) is 6.11. The second-order valence-electron chi connectivity index (χ2n) is 8.35. The average Bonchev–Trinajstić information content (AvgIpc) is 3.45. The van der Waals surface area contributed by atoms with Crippen LogP contribution in [0.25, 0.3) is 11.7 Å². The van der Waals surface area contributed by atoms with Crippen molar-refractivity contribution in [1.82, 2.24) is 14.3 Å². The van der Waals surface area contributed by atoms with Crippen LogP contribution in [0.2, 0.25) is 0 Å². The largest absolute Gasteiger partial charge is 0.497 e. The number of pyridine rings is 1. The van der Waals surface area contributed by atoms with E-state index in [1.165, 1.54) is 16.2 Å². The Morgan fingerprint density at radius 2 is 1.94 bits per heavy atom. The van der Waals surface area contributed by atoms with E-state index in [1.54, 1.807) is 36.4 Å². The quantitative estimate of drug-likeness (QED) is 0.402. The highest BCUT2D eigenvalue weighted by Crippen LogP contribution is 2.34. The summed E-state index contributed by atoms with van der Waals surface area (Å²) in [5.41, 5.74) is 1.67. The highest BCUT2D eigenvalue weighted by Gasteiger charge is 2.33. The zero-order valence-electron chi connectivity index (χ0n) is 18.7. The first-order chi connectivity index (χ1) is 16.5. The number of nitrogens with one attached hydrogen (secondary N) is 1. The highest BCUT2D eigenvalue weighted by atomic mass is 32.2. The minimum Gasteiger partial charge on any atom is -0.497 e. The summed E-state index contributed by atoms with van der Waals surface area (Å²) in [7, 11) is 1.61. The van der Waals surface area contributed by atoms with Crippen molar-refractivity contribution in [2.45, 2.75) is 38.3 Å². The molecule has 174 valence electrons. The molecule has 1 aliphatic heterocycles. The Labute approximate surface area is 206 Å². The minimum absolute atomic E-state index is 0.213. The van der Waals surface area contributed by atoms with Gasteiger partial charge in [-0.25, -0.2) is 4.98 Å². The van der Waals surface area contributed by atoms with E-state index in [0.29, 0.717) is 32.8 Å². The predicted molar refractivity (Wildman–Crippen MR) is 139 cm³/mol. The number of amides is 1. The van der Waals surface area contributed by atoms with Gasteiger partial charge in [0.25, 0.3) is 11.5 Å². The van der Waals surface area contributed by atoms with E-state index in [-0.39, 0.29) is 17.5 Å². The molecule has 3 aromatic rings. The van der Waals surface area contributed by atoms with Crippen LogP contribution in [0, 0.1) is 0 Å². The molecule has 2 aliphatic rings. The van der Waals surface area contributed by atoms with Gasteiger partial charge in [0.05, 0.1) is 24.1 Å². The number of carbonyl (C=O) groups is 1. The number of fused-ring (bicyclic) bond motifs is 1. The number of ether oxygens (including phenoxy) is 1. The number of thiocarbonyl (C=S) groups is 1. The van der Waals surface area contributed by atoms with Gasteiger partial charge in [-0.1, -0.05) is 55.0 Å². The number of hydrogen-bond acceptors (Lipinski definition) is 7. The molecule has 1 saturated carbocycles. The summed E-state index contributed by atoms with van der Waals surface area (Å²) in [6.45, 7) is 0.355. The first-order valence-corrected chi connectivity index (χ1v) is 12.4. The van der Waals surface area contributed by atoms with Gasteiger partial charge in [-0.2, -0.15) is 0 Å². The van der Waals surface area contributed by atoms with Crippen LogP contribution < -0.4 is 15.6 Å². The van der Waals surface area contributed by atoms with Crippen LogP contribution in [-0.4, -0.2) is 37.7 Å². The van der Waals surface area contributed by atoms with Crippen LogP contribution in [0.5, 0.6) is 5.75 Å². The Morgan fingerprint density at radius 1 is 1.18 bits per heavy atom. The smallest absolute Gasteiger partial charge is 0.267 e. The van der Waals surface area contributed by atoms with Gasteiger partial charge in [-0.15, -0.1) is 0 Å². The maximum absolute atomic E-state index is 13.4. The van der Waals surface area contributed by atoms with Gasteiger partial charge < -0.3 is 10.1 Å². The molecule has 1 aliphatic carbocycles. The third-order valence-corrected chi connectivity index (χ3v) is 7.49. The van der Waals surface area contributed by atoms with Crippen LogP contribution >= 0.6 is 24.0 Å². The predicted octanol–water partition coefficient (Wildman–Crippen LogP) is 4.46. The number of carbonyl (C=O) groups excluding carboxylic acids is 1. The minimum atomic E-state index is -0.216. The molecule has 3 heterocycles. The molecular formula is C25H24N4O3S2. The van der Waals surface area contributed by atoms with Gasteiger partial charge in [-0.3, -0.25) is 18.9 Å². The molecule has 1 N–H and O–H groups in total. The van der Waals surface area contributed by atoms with E-state index in [1.807, 2.05) is 30.3 Å². The van der Waals surface area contributed by atoms with Crippen molar-refractivity contribution < 1.29 is 9.53 Å². The summed E-state index contributed by atoms with van der Waals surface area (Å²) in [6, 6.07) is 13.2. The van der Waals surface area contributed by atoms with Crippen molar-refractivity contribution in [2.24, 2.45) is 0 Å². The first kappa shape index (κ1) is 22.6. The number of nitrogens with zero attached hydrogens (tertiary/aromatic N) is 3. The Morgan fingerprint density at radius 3 is 2.68 bits per heavy atom. The number of rotatable bonds is 6. The Bertz CT molecular complexity index is 1340. The van der Waals surface area contributed by atoms with Gasteiger partial charge in [0.1, 0.15) is 21.5 Å². The summed E-state index contributed by atoms with van der Waals surface area (Å²) >= 11 is 6.71. The first-order valence-electron chi connectivity index (χ1n) is 11.2. The van der Waals surface area contributed by atoms with Gasteiger partial charge >= 0.3 is 0 Å². The van der Waals surface area contributed by atoms with E-state index in [4.69, 9.17) is 21.9 Å². The number of thioether (sulfide) groups is 1. The molecule has 1 aromatic carbocycles. The molecule has 0 spiro atoms. The molecule has 0 bridgehead atoms. The lowest BCUT2D eigenvalue weighted by Gasteiger charge is -2.16. The normalized spacial score (nSPS) is 17.8. The summed E-state index contributed by atoms with van der Waals surface area (Å²) < 4.78 is 7.17. The molecule has 1 saturated heterocycles. The fraction of sp³-hybridized carbons (Fsp3) is 0.280. The monoisotopic (exact) mass is 492 g/mol. The lowest BCUT2D eigenvalue weighted by Crippen LogP contribution is -2.27. The average molecular weight is 493 g/mol. The van der Waals surface area contributed by atoms with E-state index in [2.05, 4.69) is 5.32 Å². The summed E-state index contributed by atoms with van der Waals surface area (Å²) in [5, 5.41) is 3.46. The zero-order chi connectivity index (χ0) is 23.7. The Balaban J connectivity index is 1.49. The molecule has 7 nitrogen and oxygen atoms in total. The van der Waals surface area contributed by atoms with Crippen LogP contribution in [0.1, 0.15) is 36.8 Å². The molecule has 5 rings (SSSR count). The number of anilines is 1. The van der Waals surface area contributed by atoms with Gasteiger partial charge in [-0.05, 0) is 48.7 Å². The van der Waals surface area contributed by atoms with Crippen LogP contribution in [0.4, 0.5) is 5.82 Å². The van der Waals surface area contributed by atoms with E-state index < -0.39 is 0 Å². The fourth-order valence-electron chi connectivity index (χ4n) is 4.29. The van der Waals surface area contributed by atoms with Gasteiger partial charge in [0.15, 0.2) is 0 Å². The number of benzene rings is 1. The summed E-state index contributed by atoms with van der Waals surface area (Å²) in [6.07, 6.45) is 7.72. The van der Waals surface area contributed by atoms with Crippen molar-refractivity contribution in [3.8, 4) is 5.75 Å². The summed E-state index contributed by atoms with van der Waals surface area (Å²) in [4.78, 5) is 33.3. The lowest BCUT2D eigenvalue weighted by molar-refractivity contribution is -0.122. The fourth-order valence-corrected chi connectivity index (χ4v) is 5.52. The Hall–Kier alpha value is -3.17. The molecule has 2 fully saturated rings. The van der Waals surface area contributed by atoms with Crippen molar-refractivity contribution in [3.05, 3.63) is 75.0 Å². The SMILES string of the molecule is COc1ccc(CN2C(=O)/C(=C\c3c(NC4CCCC4)nc4ccccn4c3=O)SC2=S)cc1. The second kappa shape index (κ2) is 9.60. The van der Waals surface area contributed by atoms with Gasteiger partial charge in [0, 0.05) is 12.2 Å². The van der Waals surface area contributed by atoms with E-state index in [0.717, 1.165) is 37.0 Å². The molecule has 34 heavy (non-hydrogen) atoms. The maximum Gasteiger partial charge on any atom is 0.267 e. The molecule has 0 atom stereocenters. The molecule has 1 amide bonds. The van der Waals surface area contributed by atoms with Crippen LogP contribution in [-0.2, 0) is 11.3 Å². The molecule has 9 heteroatoms. The molecule has 2 aromatic heterocycles. The van der Waals surface area contributed by atoms with Crippen LogP contribution in [0.3, 0.4) is 0 Å². The zero-order valence-corrected chi connectivity index (χ0v) is 20.3. The number of methoxy groups -OCH3 is 1. The summed E-state index contributed by atoms with van der Waals surface area (Å²) in [5.74, 6) is 1.05. The standard InChI is InChI=1S/C25H24N4O3S2/c1-32-18-11-9-16(10-12-18)15-29-24(31)20(34-25(29)33)14-19-22(26-17-6-2-3-7-17)27-21-8-4-5-13-28(21)23(19)30/h4-5,8-14,17,26H,2-3,6-7,15H2,1H3/b20-14+. The third kappa shape index (κ3) is 4.45. The second-order valence-corrected chi connectivity index (χ2v) is 10.0. The van der Waals surface area contributed by atoms with Gasteiger partial charge in [0.2, 0.25) is 0 Å². The van der Waals surface area contributed by atoms with E-state index >= 15 is 0 Å². The lowest BCUT2D eigenvalue weighted by atomic mass is 10.2. The van der Waals surface area contributed by atoms with Crippen LogP contribution in [0.15, 0.2) is 58.4 Å². The molecular weight excluding hydrogens is 468 g/mol. The van der Waals surface area contributed by atoms with Crippen molar-refractivity contribution in [3.63, 3.8) is 0 Å². The van der Waals surface area contributed by atoms with Crippen molar-refractivity contribution in [1.29, 1.82) is 0 Å². The molecule has 0 radical (unpaired) electrons. The Kier molecular flexibility index (Phi) is 6.38.